The van der Waals surface area contributed by atoms with Crippen LogP contribution in [0.4, 0.5) is 5.69 Å². The fraction of sp³-hybridized carbons (Fsp3) is 0.476. The largest absolute Gasteiger partial charge is 0.361 e. The van der Waals surface area contributed by atoms with Crippen molar-refractivity contribution in [3.8, 4) is 0 Å². The van der Waals surface area contributed by atoms with Gasteiger partial charge >= 0.3 is 0 Å². The molecule has 144 valence electrons. The topological polar surface area (TPSA) is 75.4 Å². The molecule has 1 aliphatic rings. The van der Waals surface area contributed by atoms with Crippen molar-refractivity contribution in [2.24, 2.45) is 5.92 Å². The zero-order valence-corrected chi connectivity index (χ0v) is 16.5. The molecule has 0 aliphatic carbocycles. The van der Waals surface area contributed by atoms with Crippen molar-refractivity contribution >= 4 is 17.5 Å². The van der Waals surface area contributed by atoms with Gasteiger partial charge in [0.05, 0.1) is 12.1 Å². The summed E-state index contributed by atoms with van der Waals surface area (Å²) in [5, 5.41) is 6.80. The van der Waals surface area contributed by atoms with Crippen LogP contribution >= 0.6 is 0 Å². The third-order valence-corrected chi connectivity index (χ3v) is 5.21. The van der Waals surface area contributed by atoms with Gasteiger partial charge in [-0.25, -0.2) is 0 Å². The molecule has 6 nitrogen and oxygen atoms in total. The maximum atomic E-state index is 12.7. The van der Waals surface area contributed by atoms with E-state index >= 15 is 0 Å². The Labute approximate surface area is 159 Å². The number of aromatic nitrogens is 1. The highest BCUT2D eigenvalue weighted by atomic mass is 16.5. The Morgan fingerprint density at radius 1 is 1.30 bits per heavy atom. The Balaban J connectivity index is 1.67. The lowest BCUT2D eigenvalue weighted by Crippen LogP contribution is -2.39. The highest BCUT2D eigenvalue weighted by Gasteiger charge is 2.22. The summed E-state index contributed by atoms with van der Waals surface area (Å²) >= 11 is 0. The number of amides is 2. The SMILES string of the molecule is Cc1cc(C(=O)N2CCC[C@H](C)C2)ccc1NC(=O)Cc1c(C)noc1C. The number of piperidine rings is 1. The number of likely N-dealkylation sites (tertiary alicyclic amines) is 1. The molecule has 2 heterocycles. The third kappa shape index (κ3) is 4.38. The van der Waals surface area contributed by atoms with Crippen molar-refractivity contribution in [2.75, 3.05) is 18.4 Å². The van der Waals surface area contributed by atoms with Gasteiger partial charge in [0, 0.05) is 29.9 Å². The maximum absolute atomic E-state index is 12.7. The van der Waals surface area contributed by atoms with Gasteiger partial charge in [-0.2, -0.15) is 0 Å². The normalized spacial score (nSPS) is 17.0. The van der Waals surface area contributed by atoms with E-state index in [1.165, 1.54) is 6.42 Å². The molecule has 1 aromatic heterocycles. The molecule has 1 N–H and O–H groups in total. The van der Waals surface area contributed by atoms with E-state index in [4.69, 9.17) is 4.52 Å². The lowest BCUT2D eigenvalue weighted by molar-refractivity contribution is -0.115. The number of rotatable bonds is 4. The van der Waals surface area contributed by atoms with Crippen LogP contribution in [0.3, 0.4) is 0 Å². The molecule has 27 heavy (non-hydrogen) atoms. The summed E-state index contributed by atoms with van der Waals surface area (Å²) in [6, 6.07) is 5.45. The van der Waals surface area contributed by atoms with Crippen molar-refractivity contribution in [3.05, 3.63) is 46.3 Å². The molecule has 2 aromatic rings. The monoisotopic (exact) mass is 369 g/mol. The van der Waals surface area contributed by atoms with E-state index in [9.17, 15) is 9.59 Å². The number of hydrogen-bond acceptors (Lipinski definition) is 4. The van der Waals surface area contributed by atoms with Crippen LogP contribution in [0, 0.1) is 26.7 Å². The van der Waals surface area contributed by atoms with Gasteiger partial charge in [0.1, 0.15) is 5.76 Å². The summed E-state index contributed by atoms with van der Waals surface area (Å²) in [7, 11) is 0. The first-order valence-electron chi connectivity index (χ1n) is 9.46. The quantitative estimate of drug-likeness (QED) is 0.892. The van der Waals surface area contributed by atoms with Gasteiger partial charge in [-0.1, -0.05) is 12.1 Å². The highest BCUT2D eigenvalue weighted by Crippen LogP contribution is 2.22. The molecule has 1 aromatic carbocycles. The molecule has 0 bridgehead atoms. The van der Waals surface area contributed by atoms with E-state index in [-0.39, 0.29) is 18.2 Å². The van der Waals surface area contributed by atoms with Crippen LogP contribution in [0.5, 0.6) is 0 Å². The van der Waals surface area contributed by atoms with E-state index in [2.05, 4.69) is 17.4 Å². The molecular weight excluding hydrogens is 342 g/mol. The van der Waals surface area contributed by atoms with Crippen LogP contribution < -0.4 is 5.32 Å². The highest BCUT2D eigenvalue weighted by molar-refractivity contribution is 5.97. The molecule has 1 saturated heterocycles. The molecule has 0 spiro atoms. The first kappa shape index (κ1) is 19.1. The summed E-state index contributed by atoms with van der Waals surface area (Å²) in [6.45, 7) is 9.34. The molecule has 1 atom stereocenters. The molecule has 6 heteroatoms. The minimum absolute atomic E-state index is 0.0678. The lowest BCUT2D eigenvalue weighted by Gasteiger charge is -2.31. The van der Waals surface area contributed by atoms with Gasteiger partial charge in [-0.15, -0.1) is 0 Å². The molecule has 1 aliphatic heterocycles. The van der Waals surface area contributed by atoms with E-state index in [0.717, 1.165) is 42.0 Å². The predicted molar refractivity (Wildman–Crippen MR) is 104 cm³/mol. The van der Waals surface area contributed by atoms with Crippen molar-refractivity contribution in [1.29, 1.82) is 0 Å². The minimum Gasteiger partial charge on any atom is -0.361 e. The third-order valence-electron chi connectivity index (χ3n) is 5.21. The molecule has 2 amide bonds. The number of benzene rings is 1. The van der Waals surface area contributed by atoms with Crippen molar-refractivity contribution < 1.29 is 14.1 Å². The summed E-state index contributed by atoms with van der Waals surface area (Å²) in [5.74, 6) is 1.15. The molecule has 0 saturated carbocycles. The summed E-state index contributed by atoms with van der Waals surface area (Å²) < 4.78 is 5.11. The predicted octanol–water partition coefficient (Wildman–Crippen LogP) is 3.65. The first-order valence-corrected chi connectivity index (χ1v) is 9.46. The molecule has 0 unspecified atom stereocenters. The van der Waals surface area contributed by atoms with Gasteiger partial charge in [0.15, 0.2) is 0 Å². The first-order chi connectivity index (χ1) is 12.8. The molecule has 1 fully saturated rings. The van der Waals surface area contributed by atoms with E-state index in [0.29, 0.717) is 17.2 Å². The van der Waals surface area contributed by atoms with Crippen molar-refractivity contribution in [1.82, 2.24) is 10.1 Å². The van der Waals surface area contributed by atoms with Gasteiger partial charge in [0.25, 0.3) is 5.91 Å². The smallest absolute Gasteiger partial charge is 0.253 e. The Hall–Kier alpha value is -2.63. The average molecular weight is 369 g/mol. The number of nitrogens with one attached hydrogen (secondary N) is 1. The van der Waals surface area contributed by atoms with Crippen molar-refractivity contribution in [2.45, 2.75) is 47.0 Å². The van der Waals surface area contributed by atoms with E-state index < -0.39 is 0 Å². The van der Waals surface area contributed by atoms with Crippen LogP contribution in [0.25, 0.3) is 0 Å². The number of anilines is 1. The molecular formula is C21H27N3O3. The molecule has 3 rings (SSSR count). The summed E-state index contributed by atoms with van der Waals surface area (Å²) in [5.41, 5.74) is 3.81. The van der Waals surface area contributed by atoms with Crippen LogP contribution in [0.1, 0.15) is 52.7 Å². The number of nitrogens with zero attached hydrogens (tertiary/aromatic N) is 2. The fourth-order valence-electron chi connectivity index (χ4n) is 3.60. The van der Waals surface area contributed by atoms with Gasteiger partial charge in [-0.05, 0) is 63.3 Å². The lowest BCUT2D eigenvalue weighted by atomic mass is 9.99. The van der Waals surface area contributed by atoms with Crippen LogP contribution in [0.15, 0.2) is 22.7 Å². The molecule has 0 radical (unpaired) electrons. The number of aryl methyl sites for hydroxylation is 3. The van der Waals surface area contributed by atoms with Gasteiger partial charge in [-0.3, -0.25) is 9.59 Å². The second-order valence-electron chi connectivity index (χ2n) is 7.56. The van der Waals surface area contributed by atoms with Crippen molar-refractivity contribution in [3.63, 3.8) is 0 Å². The number of carbonyl (C=O) groups excluding carboxylic acids is 2. The maximum Gasteiger partial charge on any atom is 0.253 e. The summed E-state index contributed by atoms with van der Waals surface area (Å²) in [4.78, 5) is 27.1. The van der Waals surface area contributed by atoms with Gasteiger partial charge in [0.2, 0.25) is 5.91 Å². The zero-order valence-electron chi connectivity index (χ0n) is 16.5. The van der Waals surface area contributed by atoms with E-state index in [1.54, 1.807) is 19.1 Å². The Morgan fingerprint density at radius 2 is 2.07 bits per heavy atom. The van der Waals surface area contributed by atoms with Crippen LogP contribution in [-0.2, 0) is 11.2 Å². The summed E-state index contributed by atoms with van der Waals surface area (Å²) in [6.07, 6.45) is 2.45. The average Bonchev–Trinajstić information content (AvgIpc) is 2.94. The van der Waals surface area contributed by atoms with E-state index in [1.807, 2.05) is 24.8 Å². The fourth-order valence-corrected chi connectivity index (χ4v) is 3.60. The Bertz CT molecular complexity index is 837. The standard InChI is InChI=1S/C21H27N3O3/c1-13-6-5-9-24(12-13)21(26)17-7-8-19(14(2)10-17)22-20(25)11-18-15(3)23-27-16(18)4/h7-8,10,13H,5-6,9,11-12H2,1-4H3,(H,22,25)/t13-/m0/s1. The van der Waals surface area contributed by atoms with Gasteiger partial charge < -0.3 is 14.7 Å². The Morgan fingerprint density at radius 3 is 2.70 bits per heavy atom. The van der Waals surface area contributed by atoms with Crippen LogP contribution in [-0.4, -0.2) is 35.0 Å². The van der Waals surface area contributed by atoms with Crippen LogP contribution in [0.2, 0.25) is 0 Å². The Kier molecular flexibility index (Phi) is 5.63. The number of carbonyl (C=O) groups is 2. The second kappa shape index (κ2) is 7.94. The zero-order chi connectivity index (χ0) is 19.6. The minimum atomic E-state index is -0.128. The second-order valence-corrected chi connectivity index (χ2v) is 7.56. The number of hydrogen-bond donors (Lipinski definition) is 1.